The van der Waals surface area contributed by atoms with Crippen LogP contribution < -0.4 is 10.5 Å². The molecule has 1 aromatic carbocycles. The van der Waals surface area contributed by atoms with Gasteiger partial charge in [-0.15, -0.1) is 0 Å². The smallest absolute Gasteiger partial charge is 0.269 e. The van der Waals surface area contributed by atoms with Gasteiger partial charge in [0, 0.05) is 24.2 Å². The summed E-state index contributed by atoms with van der Waals surface area (Å²) >= 11 is 0. The molecule has 2 atom stereocenters. The van der Waals surface area contributed by atoms with Crippen molar-refractivity contribution in [2.75, 3.05) is 0 Å². The zero-order chi connectivity index (χ0) is 13.5. The van der Waals surface area contributed by atoms with E-state index >= 15 is 0 Å². The SMILES string of the molecule is Cc1cc([N+](=O)[O-])ccc1S(=O)(=O)NC1CC1N. The van der Waals surface area contributed by atoms with Gasteiger partial charge in [0.05, 0.1) is 9.82 Å². The van der Waals surface area contributed by atoms with Crippen molar-refractivity contribution in [3.8, 4) is 0 Å². The quantitative estimate of drug-likeness (QED) is 0.603. The van der Waals surface area contributed by atoms with Crippen LogP contribution in [0.25, 0.3) is 0 Å². The maximum atomic E-state index is 12.0. The summed E-state index contributed by atoms with van der Waals surface area (Å²) < 4.78 is 26.5. The number of nitrogens with two attached hydrogens (primary N) is 1. The van der Waals surface area contributed by atoms with Crippen molar-refractivity contribution in [1.82, 2.24) is 4.72 Å². The number of non-ortho nitro benzene ring substituents is 1. The second-order valence-corrected chi connectivity index (χ2v) is 6.02. The van der Waals surface area contributed by atoms with Crippen molar-refractivity contribution in [2.24, 2.45) is 5.73 Å². The standard InChI is InChI=1S/C10H13N3O4S/c1-6-4-7(13(14)15)2-3-10(6)18(16,17)12-9-5-8(9)11/h2-4,8-9,12H,5,11H2,1H3. The number of nitrogens with zero attached hydrogens (tertiary/aromatic N) is 1. The molecular formula is C10H13N3O4S. The first-order chi connectivity index (χ1) is 8.31. The molecule has 1 saturated carbocycles. The fraction of sp³-hybridized carbons (Fsp3) is 0.400. The number of hydrogen-bond acceptors (Lipinski definition) is 5. The normalized spacial score (nSPS) is 22.8. The predicted octanol–water partition coefficient (Wildman–Crippen LogP) is 0.281. The van der Waals surface area contributed by atoms with Gasteiger partial charge in [0.2, 0.25) is 10.0 Å². The minimum Gasteiger partial charge on any atom is -0.326 e. The molecular weight excluding hydrogens is 258 g/mol. The molecule has 3 N–H and O–H groups in total. The van der Waals surface area contributed by atoms with Crippen LogP contribution in [0.1, 0.15) is 12.0 Å². The zero-order valence-electron chi connectivity index (χ0n) is 9.66. The van der Waals surface area contributed by atoms with Crippen LogP contribution >= 0.6 is 0 Å². The number of nitro benzene ring substituents is 1. The van der Waals surface area contributed by atoms with Crippen LogP contribution in [0, 0.1) is 17.0 Å². The Bertz CT molecular complexity index is 599. The van der Waals surface area contributed by atoms with Gasteiger partial charge in [-0.3, -0.25) is 10.1 Å². The molecule has 0 radical (unpaired) electrons. The highest BCUT2D eigenvalue weighted by Gasteiger charge is 2.37. The predicted molar refractivity (Wildman–Crippen MR) is 64.5 cm³/mol. The van der Waals surface area contributed by atoms with E-state index in [1.54, 1.807) is 0 Å². The maximum absolute atomic E-state index is 12.0. The highest BCUT2D eigenvalue weighted by atomic mass is 32.2. The minimum absolute atomic E-state index is 0.0483. The summed E-state index contributed by atoms with van der Waals surface area (Å²) in [7, 11) is -3.66. The molecule has 1 fully saturated rings. The van der Waals surface area contributed by atoms with E-state index in [2.05, 4.69) is 4.72 Å². The summed E-state index contributed by atoms with van der Waals surface area (Å²) in [5.74, 6) is 0. The third kappa shape index (κ3) is 2.50. The molecule has 7 nitrogen and oxygen atoms in total. The molecule has 1 aliphatic carbocycles. The van der Waals surface area contributed by atoms with Crippen LogP contribution in [0.5, 0.6) is 0 Å². The van der Waals surface area contributed by atoms with Crippen molar-refractivity contribution in [2.45, 2.75) is 30.3 Å². The number of sulfonamides is 1. The van der Waals surface area contributed by atoms with Gasteiger partial charge in [0.1, 0.15) is 0 Å². The monoisotopic (exact) mass is 271 g/mol. The Morgan fingerprint density at radius 2 is 2.11 bits per heavy atom. The number of nitro groups is 1. The van der Waals surface area contributed by atoms with Crippen molar-refractivity contribution >= 4 is 15.7 Å². The minimum atomic E-state index is -3.66. The molecule has 8 heteroatoms. The first kappa shape index (κ1) is 12.9. The average Bonchev–Trinajstić information content (AvgIpc) is 2.92. The third-order valence-electron chi connectivity index (χ3n) is 2.81. The summed E-state index contributed by atoms with van der Waals surface area (Å²) in [5, 5.41) is 10.6. The Morgan fingerprint density at radius 3 is 2.56 bits per heavy atom. The molecule has 2 rings (SSSR count). The van der Waals surface area contributed by atoms with Crippen LogP contribution in [0.3, 0.4) is 0 Å². The summed E-state index contributed by atoms with van der Waals surface area (Å²) in [6.07, 6.45) is 0.616. The number of rotatable bonds is 4. The van der Waals surface area contributed by atoms with Crippen LogP contribution in [-0.2, 0) is 10.0 Å². The first-order valence-corrected chi connectivity index (χ1v) is 6.82. The lowest BCUT2D eigenvalue weighted by Gasteiger charge is -2.08. The van der Waals surface area contributed by atoms with Crippen molar-refractivity contribution in [3.05, 3.63) is 33.9 Å². The lowest BCUT2D eigenvalue weighted by atomic mass is 10.2. The largest absolute Gasteiger partial charge is 0.326 e. The van der Waals surface area contributed by atoms with Gasteiger partial charge in [0.15, 0.2) is 0 Å². The van der Waals surface area contributed by atoms with Crippen molar-refractivity contribution in [3.63, 3.8) is 0 Å². The second-order valence-electron chi connectivity index (χ2n) is 4.33. The Morgan fingerprint density at radius 1 is 1.50 bits per heavy atom. The van der Waals surface area contributed by atoms with E-state index in [4.69, 9.17) is 5.73 Å². The summed E-state index contributed by atoms with van der Waals surface area (Å²) in [6.45, 7) is 1.52. The molecule has 1 aromatic rings. The molecule has 0 amide bonds. The fourth-order valence-corrected chi connectivity index (χ4v) is 3.19. The number of benzene rings is 1. The third-order valence-corrected chi connectivity index (χ3v) is 4.46. The Hall–Kier alpha value is -1.51. The Balaban J connectivity index is 2.30. The van der Waals surface area contributed by atoms with Crippen LogP contribution in [0.2, 0.25) is 0 Å². The van der Waals surface area contributed by atoms with E-state index in [1.807, 2.05) is 0 Å². The maximum Gasteiger partial charge on any atom is 0.269 e. The van der Waals surface area contributed by atoms with Gasteiger partial charge in [-0.2, -0.15) is 0 Å². The lowest BCUT2D eigenvalue weighted by molar-refractivity contribution is -0.385. The molecule has 0 spiro atoms. The average molecular weight is 271 g/mol. The van der Waals surface area contributed by atoms with Crippen LogP contribution in [0.15, 0.2) is 23.1 Å². The molecule has 0 bridgehead atoms. The van der Waals surface area contributed by atoms with Gasteiger partial charge in [-0.1, -0.05) is 0 Å². The number of nitrogens with one attached hydrogen (secondary N) is 1. The van der Waals surface area contributed by atoms with Gasteiger partial charge in [0.25, 0.3) is 5.69 Å². The Kier molecular flexibility index (Phi) is 3.09. The highest BCUT2D eigenvalue weighted by molar-refractivity contribution is 7.89. The van der Waals surface area contributed by atoms with Gasteiger partial charge in [-0.25, -0.2) is 13.1 Å². The highest BCUT2D eigenvalue weighted by Crippen LogP contribution is 2.24. The number of aryl methyl sites for hydroxylation is 1. The molecule has 0 aromatic heterocycles. The Labute approximate surface area is 104 Å². The van der Waals surface area contributed by atoms with E-state index in [9.17, 15) is 18.5 Å². The van der Waals surface area contributed by atoms with E-state index < -0.39 is 14.9 Å². The summed E-state index contributed by atoms with van der Waals surface area (Å²) in [5.41, 5.74) is 5.75. The zero-order valence-corrected chi connectivity index (χ0v) is 10.5. The van der Waals surface area contributed by atoms with Crippen molar-refractivity contribution in [1.29, 1.82) is 0 Å². The van der Waals surface area contributed by atoms with Crippen LogP contribution in [0.4, 0.5) is 5.69 Å². The van der Waals surface area contributed by atoms with Crippen LogP contribution in [-0.4, -0.2) is 25.4 Å². The van der Waals surface area contributed by atoms with E-state index in [-0.39, 0.29) is 22.7 Å². The lowest BCUT2D eigenvalue weighted by Crippen LogP contribution is -2.30. The topological polar surface area (TPSA) is 115 Å². The molecule has 1 aliphatic rings. The summed E-state index contributed by atoms with van der Waals surface area (Å²) in [4.78, 5) is 10.1. The van der Waals surface area contributed by atoms with Gasteiger partial charge >= 0.3 is 0 Å². The first-order valence-electron chi connectivity index (χ1n) is 5.34. The molecule has 0 saturated heterocycles. The number of hydrogen-bond donors (Lipinski definition) is 2. The van der Waals surface area contributed by atoms with E-state index in [0.717, 1.165) is 0 Å². The fourth-order valence-electron chi connectivity index (χ4n) is 1.66. The van der Waals surface area contributed by atoms with E-state index in [0.29, 0.717) is 12.0 Å². The molecule has 98 valence electrons. The van der Waals surface area contributed by atoms with Gasteiger partial charge in [-0.05, 0) is 25.0 Å². The van der Waals surface area contributed by atoms with Crippen molar-refractivity contribution < 1.29 is 13.3 Å². The summed E-state index contributed by atoms with van der Waals surface area (Å²) in [6, 6.07) is 3.28. The second kappa shape index (κ2) is 4.30. The molecule has 0 aliphatic heterocycles. The molecule has 2 unspecified atom stereocenters. The van der Waals surface area contributed by atoms with E-state index in [1.165, 1.54) is 25.1 Å². The molecule has 18 heavy (non-hydrogen) atoms. The molecule has 0 heterocycles. The van der Waals surface area contributed by atoms with Gasteiger partial charge < -0.3 is 5.73 Å².